The molecule has 1 aliphatic heterocycles. The van der Waals surface area contributed by atoms with E-state index in [1.165, 1.54) is 10.9 Å². The van der Waals surface area contributed by atoms with Crippen LogP contribution in [0.25, 0.3) is 16.7 Å². The Hall–Kier alpha value is -2.74. The fraction of sp³-hybridized carbons (Fsp3) is 0.353. The molecule has 0 aliphatic carbocycles. The molecule has 2 aromatic heterocycles. The maximum absolute atomic E-state index is 14.4. The molecule has 130 valence electrons. The van der Waals surface area contributed by atoms with Gasteiger partial charge in [0.1, 0.15) is 0 Å². The molecule has 1 fully saturated rings. The number of nitrogen functional groups attached to an aromatic ring is 1. The standard InChI is InChI=1S/C17H20FN7/c1-11-10-24(6-2-5-20-11)17-21-9-14(18)16(23-17)25-15-4-3-13(19)7-12(15)8-22-25/h3-4,7-9,11,20H,2,5-6,10,19H2,1H3. The van der Waals surface area contributed by atoms with Crippen molar-refractivity contribution in [1.29, 1.82) is 0 Å². The van der Waals surface area contributed by atoms with Crippen LogP contribution in [-0.4, -0.2) is 45.4 Å². The zero-order valence-corrected chi connectivity index (χ0v) is 14.0. The van der Waals surface area contributed by atoms with Gasteiger partial charge in [0.25, 0.3) is 0 Å². The van der Waals surface area contributed by atoms with E-state index in [1.807, 2.05) is 6.07 Å². The van der Waals surface area contributed by atoms with Crippen LogP contribution in [-0.2, 0) is 0 Å². The highest BCUT2D eigenvalue weighted by Gasteiger charge is 2.19. The summed E-state index contributed by atoms with van der Waals surface area (Å²) in [4.78, 5) is 10.7. The van der Waals surface area contributed by atoms with Crippen LogP contribution in [0, 0.1) is 5.82 Å². The van der Waals surface area contributed by atoms with Gasteiger partial charge in [-0.1, -0.05) is 0 Å². The first-order chi connectivity index (χ1) is 12.1. The molecule has 4 rings (SSSR count). The summed E-state index contributed by atoms with van der Waals surface area (Å²) < 4.78 is 15.9. The summed E-state index contributed by atoms with van der Waals surface area (Å²) in [6, 6.07) is 5.72. The number of hydrogen-bond acceptors (Lipinski definition) is 6. The maximum atomic E-state index is 14.4. The molecule has 0 saturated carbocycles. The minimum absolute atomic E-state index is 0.148. The van der Waals surface area contributed by atoms with E-state index in [2.05, 4.69) is 32.2 Å². The highest BCUT2D eigenvalue weighted by molar-refractivity contribution is 5.83. The lowest BCUT2D eigenvalue weighted by molar-refractivity contribution is 0.576. The Balaban J connectivity index is 1.76. The summed E-state index contributed by atoms with van der Waals surface area (Å²) >= 11 is 0. The van der Waals surface area contributed by atoms with E-state index in [0.717, 1.165) is 37.0 Å². The molecule has 1 atom stereocenters. The van der Waals surface area contributed by atoms with E-state index in [4.69, 9.17) is 5.73 Å². The highest BCUT2D eigenvalue weighted by Crippen LogP contribution is 2.22. The minimum atomic E-state index is -0.508. The van der Waals surface area contributed by atoms with Crippen molar-refractivity contribution in [2.45, 2.75) is 19.4 Å². The normalized spacial score (nSPS) is 18.5. The predicted octanol–water partition coefficient (Wildman–Crippen LogP) is 1.72. The molecule has 3 aromatic rings. The number of rotatable bonds is 2. The Morgan fingerprint density at radius 3 is 3.08 bits per heavy atom. The summed E-state index contributed by atoms with van der Waals surface area (Å²) in [5.41, 5.74) is 7.20. The highest BCUT2D eigenvalue weighted by atomic mass is 19.1. The van der Waals surface area contributed by atoms with Crippen molar-refractivity contribution in [2.75, 3.05) is 30.3 Å². The molecule has 0 amide bonds. The number of nitrogens with two attached hydrogens (primary N) is 1. The van der Waals surface area contributed by atoms with Gasteiger partial charge in [0.05, 0.1) is 17.9 Å². The summed E-state index contributed by atoms with van der Waals surface area (Å²) in [6.45, 7) is 4.69. The number of nitrogens with zero attached hydrogens (tertiary/aromatic N) is 5. The second-order valence-electron chi connectivity index (χ2n) is 6.37. The van der Waals surface area contributed by atoms with Crippen molar-refractivity contribution >= 4 is 22.5 Å². The molecule has 1 saturated heterocycles. The molecule has 1 unspecified atom stereocenters. The molecule has 7 nitrogen and oxygen atoms in total. The Bertz CT molecular complexity index is 907. The van der Waals surface area contributed by atoms with Gasteiger partial charge in [-0.25, -0.2) is 14.1 Å². The van der Waals surface area contributed by atoms with E-state index in [1.54, 1.807) is 18.3 Å². The summed E-state index contributed by atoms with van der Waals surface area (Å²) in [6.07, 6.45) is 3.86. The first-order valence-electron chi connectivity index (χ1n) is 8.36. The topological polar surface area (TPSA) is 84.9 Å². The molecule has 8 heteroatoms. The van der Waals surface area contributed by atoms with Gasteiger partial charge in [0.2, 0.25) is 5.95 Å². The van der Waals surface area contributed by atoms with Crippen LogP contribution in [0.4, 0.5) is 16.0 Å². The Labute approximate surface area is 144 Å². The fourth-order valence-corrected chi connectivity index (χ4v) is 3.16. The van der Waals surface area contributed by atoms with Crippen molar-refractivity contribution in [3.63, 3.8) is 0 Å². The zero-order valence-electron chi connectivity index (χ0n) is 14.0. The van der Waals surface area contributed by atoms with Crippen molar-refractivity contribution in [1.82, 2.24) is 25.1 Å². The van der Waals surface area contributed by atoms with Crippen LogP contribution >= 0.6 is 0 Å². The molecule has 0 radical (unpaired) electrons. The number of benzene rings is 1. The van der Waals surface area contributed by atoms with Gasteiger partial charge in [-0.15, -0.1) is 0 Å². The minimum Gasteiger partial charge on any atom is -0.399 e. The number of halogens is 1. The maximum Gasteiger partial charge on any atom is 0.227 e. The van der Waals surface area contributed by atoms with Gasteiger partial charge in [-0.3, -0.25) is 0 Å². The van der Waals surface area contributed by atoms with Gasteiger partial charge < -0.3 is 16.0 Å². The lowest BCUT2D eigenvalue weighted by Gasteiger charge is -2.22. The zero-order chi connectivity index (χ0) is 17.4. The Kier molecular flexibility index (Phi) is 3.96. The monoisotopic (exact) mass is 341 g/mol. The third kappa shape index (κ3) is 3.00. The van der Waals surface area contributed by atoms with Gasteiger partial charge in [-0.05, 0) is 38.1 Å². The average Bonchev–Trinajstić information content (AvgIpc) is 2.88. The third-order valence-corrected chi connectivity index (χ3v) is 4.38. The lowest BCUT2D eigenvalue weighted by Crippen LogP contribution is -2.36. The number of hydrogen-bond donors (Lipinski definition) is 2. The Morgan fingerprint density at radius 1 is 1.32 bits per heavy atom. The molecule has 3 N–H and O–H groups in total. The second kappa shape index (κ2) is 6.29. The predicted molar refractivity (Wildman–Crippen MR) is 95.3 cm³/mol. The first kappa shape index (κ1) is 15.8. The van der Waals surface area contributed by atoms with Gasteiger partial charge >= 0.3 is 0 Å². The van der Waals surface area contributed by atoms with Crippen molar-refractivity contribution < 1.29 is 4.39 Å². The second-order valence-corrected chi connectivity index (χ2v) is 6.37. The SMILES string of the molecule is CC1CN(c2ncc(F)c(-n3ncc4cc(N)ccc43)n2)CCCN1. The molecular weight excluding hydrogens is 321 g/mol. The first-order valence-corrected chi connectivity index (χ1v) is 8.36. The molecule has 25 heavy (non-hydrogen) atoms. The number of aromatic nitrogens is 4. The Morgan fingerprint density at radius 2 is 2.20 bits per heavy atom. The van der Waals surface area contributed by atoms with E-state index in [-0.39, 0.29) is 5.82 Å². The number of anilines is 2. The summed E-state index contributed by atoms with van der Waals surface area (Å²) in [5, 5.41) is 8.55. The molecular formula is C17H20FN7. The third-order valence-electron chi connectivity index (χ3n) is 4.38. The molecule has 1 aromatic carbocycles. The van der Waals surface area contributed by atoms with Gasteiger partial charge in [0.15, 0.2) is 11.6 Å². The summed E-state index contributed by atoms with van der Waals surface area (Å²) in [5.74, 6) is 0.159. The largest absolute Gasteiger partial charge is 0.399 e. The average molecular weight is 341 g/mol. The smallest absolute Gasteiger partial charge is 0.227 e. The van der Waals surface area contributed by atoms with Crippen LogP contribution in [0.3, 0.4) is 0 Å². The van der Waals surface area contributed by atoms with Crippen molar-refractivity contribution in [3.8, 4) is 5.82 Å². The number of fused-ring (bicyclic) bond motifs is 1. The van der Waals surface area contributed by atoms with E-state index in [0.29, 0.717) is 17.7 Å². The fourth-order valence-electron chi connectivity index (χ4n) is 3.16. The van der Waals surface area contributed by atoms with Crippen LogP contribution in [0.15, 0.2) is 30.6 Å². The summed E-state index contributed by atoms with van der Waals surface area (Å²) in [7, 11) is 0. The van der Waals surface area contributed by atoms with Gasteiger partial charge in [0, 0.05) is 30.2 Å². The van der Waals surface area contributed by atoms with Crippen molar-refractivity contribution in [3.05, 3.63) is 36.4 Å². The van der Waals surface area contributed by atoms with E-state index >= 15 is 0 Å². The van der Waals surface area contributed by atoms with Crippen LogP contribution < -0.4 is 16.0 Å². The molecule has 0 bridgehead atoms. The van der Waals surface area contributed by atoms with Crippen LogP contribution in [0.1, 0.15) is 13.3 Å². The van der Waals surface area contributed by atoms with Crippen molar-refractivity contribution in [2.24, 2.45) is 0 Å². The molecule has 3 heterocycles. The lowest BCUT2D eigenvalue weighted by atomic mass is 10.2. The molecule has 0 spiro atoms. The van der Waals surface area contributed by atoms with Gasteiger partial charge in [-0.2, -0.15) is 10.1 Å². The number of nitrogens with one attached hydrogen (secondary N) is 1. The quantitative estimate of drug-likeness (QED) is 0.691. The molecule has 1 aliphatic rings. The van der Waals surface area contributed by atoms with E-state index in [9.17, 15) is 4.39 Å². The van der Waals surface area contributed by atoms with E-state index < -0.39 is 5.82 Å². The van der Waals surface area contributed by atoms with Crippen LogP contribution in [0.2, 0.25) is 0 Å². The van der Waals surface area contributed by atoms with Crippen LogP contribution in [0.5, 0.6) is 0 Å².